The summed E-state index contributed by atoms with van der Waals surface area (Å²) in [6, 6.07) is 6.47. The summed E-state index contributed by atoms with van der Waals surface area (Å²) in [4.78, 5) is 0. The molecule has 2 rings (SSSR count). The highest BCUT2D eigenvalue weighted by atomic mass is 79.9. The molecule has 0 heterocycles. The first-order valence-electron chi connectivity index (χ1n) is 4.50. The summed E-state index contributed by atoms with van der Waals surface area (Å²) in [5.74, 6) is 0. The molecule has 70 valence electrons. The molecule has 0 spiro atoms. The Labute approximate surface area is 87.2 Å². The van der Waals surface area contributed by atoms with Crippen LogP contribution in [0.25, 0.3) is 0 Å². The van der Waals surface area contributed by atoms with Gasteiger partial charge in [0, 0.05) is 11.6 Å². The zero-order valence-electron chi connectivity index (χ0n) is 7.93. The van der Waals surface area contributed by atoms with Gasteiger partial charge in [-0.15, -0.1) is 0 Å². The molecule has 1 aromatic carbocycles. The average molecular weight is 241 g/mol. The number of rotatable bonds is 2. The highest BCUT2D eigenvalue weighted by molar-refractivity contribution is 9.10. The van der Waals surface area contributed by atoms with E-state index >= 15 is 0 Å². The fourth-order valence-corrected chi connectivity index (χ4v) is 1.98. The second kappa shape index (κ2) is 3.10. The number of hydrogen-bond acceptors (Lipinski definition) is 1. The van der Waals surface area contributed by atoms with E-state index in [9.17, 15) is 0 Å². The minimum absolute atomic E-state index is 0.0379. The fraction of sp³-hybridized carbons (Fsp3) is 0.455. The van der Waals surface area contributed by atoms with Crippen molar-refractivity contribution in [3.63, 3.8) is 0 Å². The van der Waals surface area contributed by atoms with Gasteiger partial charge in [0.05, 0.1) is 5.60 Å². The maximum absolute atomic E-state index is 5.51. The van der Waals surface area contributed by atoms with Gasteiger partial charge in [0.1, 0.15) is 0 Å². The molecule has 0 aromatic heterocycles. The van der Waals surface area contributed by atoms with E-state index in [1.54, 1.807) is 7.11 Å². The van der Waals surface area contributed by atoms with Gasteiger partial charge >= 0.3 is 0 Å². The maximum atomic E-state index is 5.51. The standard InChI is InChI=1S/C11H13BrO/c1-8-3-4-9(7-10(8)12)11(13-2)5-6-11/h3-4,7H,5-6H2,1-2H3. The van der Waals surface area contributed by atoms with Gasteiger partial charge in [-0.3, -0.25) is 0 Å². The predicted molar refractivity (Wildman–Crippen MR) is 56.8 cm³/mol. The Bertz CT molecular complexity index is 329. The third-order valence-corrected chi connectivity index (χ3v) is 3.65. The molecule has 1 fully saturated rings. The third kappa shape index (κ3) is 1.53. The van der Waals surface area contributed by atoms with Crippen molar-refractivity contribution in [2.45, 2.75) is 25.4 Å². The third-order valence-electron chi connectivity index (χ3n) is 2.79. The van der Waals surface area contributed by atoms with E-state index in [2.05, 4.69) is 41.1 Å². The van der Waals surface area contributed by atoms with Crippen molar-refractivity contribution in [2.24, 2.45) is 0 Å². The molecule has 0 radical (unpaired) electrons. The van der Waals surface area contributed by atoms with Gasteiger partial charge in [0.2, 0.25) is 0 Å². The lowest BCUT2D eigenvalue weighted by atomic mass is 10.1. The highest BCUT2D eigenvalue weighted by Gasteiger charge is 2.44. The minimum atomic E-state index is 0.0379. The zero-order chi connectivity index (χ0) is 9.47. The van der Waals surface area contributed by atoms with Crippen molar-refractivity contribution in [1.29, 1.82) is 0 Å². The van der Waals surface area contributed by atoms with Gasteiger partial charge in [-0.1, -0.05) is 28.1 Å². The predicted octanol–water partition coefficient (Wildman–Crippen LogP) is 3.39. The van der Waals surface area contributed by atoms with E-state index in [1.807, 2.05) is 0 Å². The molecule has 2 heteroatoms. The normalized spacial score (nSPS) is 18.7. The van der Waals surface area contributed by atoms with Crippen molar-refractivity contribution in [2.75, 3.05) is 7.11 Å². The number of benzene rings is 1. The Kier molecular flexibility index (Phi) is 2.20. The van der Waals surface area contributed by atoms with Crippen LogP contribution in [0.5, 0.6) is 0 Å². The topological polar surface area (TPSA) is 9.23 Å². The van der Waals surface area contributed by atoms with Gasteiger partial charge in [-0.05, 0) is 37.0 Å². The Balaban J connectivity index is 2.37. The molecule has 0 amide bonds. The minimum Gasteiger partial charge on any atom is -0.374 e. The summed E-state index contributed by atoms with van der Waals surface area (Å²) in [6.45, 7) is 2.10. The molecule has 0 unspecified atom stereocenters. The Morgan fingerprint density at radius 3 is 2.54 bits per heavy atom. The van der Waals surface area contributed by atoms with Crippen LogP contribution >= 0.6 is 15.9 Å². The average Bonchev–Trinajstić information content (AvgIpc) is 2.90. The van der Waals surface area contributed by atoms with Crippen LogP contribution in [-0.4, -0.2) is 7.11 Å². The van der Waals surface area contributed by atoms with Crippen molar-refractivity contribution in [3.05, 3.63) is 33.8 Å². The summed E-state index contributed by atoms with van der Waals surface area (Å²) in [7, 11) is 1.79. The zero-order valence-corrected chi connectivity index (χ0v) is 9.52. The Morgan fingerprint density at radius 2 is 2.08 bits per heavy atom. The summed E-state index contributed by atoms with van der Waals surface area (Å²) < 4.78 is 6.68. The van der Waals surface area contributed by atoms with E-state index in [-0.39, 0.29) is 5.60 Å². The van der Waals surface area contributed by atoms with Crippen LogP contribution in [0, 0.1) is 6.92 Å². The first kappa shape index (κ1) is 9.22. The molecule has 1 nitrogen and oxygen atoms in total. The van der Waals surface area contributed by atoms with E-state index in [0.29, 0.717) is 0 Å². The van der Waals surface area contributed by atoms with Crippen LogP contribution in [-0.2, 0) is 10.3 Å². The van der Waals surface area contributed by atoms with Gasteiger partial charge in [-0.2, -0.15) is 0 Å². The van der Waals surface area contributed by atoms with Gasteiger partial charge in [-0.25, -0.2) is 0 Å². The molecule has 0 saturated heterocycles. The van der Waals surface area contributed by atoms with Crippen LogP contribution in [0.4, 0.5) is 0 Å². The maximum Gasteiger partial charge on any atom is 0.0930 e. The molecule has 1 aliphatic carbocycles. The molecule has 0 atom stereocenters. The van der Waals surface area contributed by atoms with Crippen LogP contribution < -0.4 is 0 Å². The molecule has 1 saturated carbocycles. The lowest BCUT2D eigenvalue weighted by molar-refractivity contribution is 0.0788. The largest absolute Gasteiger partial charge is 0.374 e. The molecular formula is C11H13BrO. The van der Waals surface area contributed by atoms with Crippen LogP contribution in [0.3, 0.4) is 0 Å². The molecule has 1 aromatic rings. The SMILES string of the molecule is COC1(c2ccc(C)c(Br)c2)CC1. The molecule has 0 aliphatic heterocycles. The van der Waals surface area contributed by atoms with Crippen molar-refractivity contribution < 1.29 is 4.74 Å². The molecule has 13 heavy (non-hydrogen) atoms. The number of halogens is 1. The smallest absolute Gasteiger partial charge is 0.0930 e. The quantitative estimate of drug-likeness (QED) is 0.771. The second-order valence-corrected chi connectivity index (χ2v) is 4.52. The van der Waals surface area contributed by atoms with E-state index < -0.39 is 0 Å². The van der Waals surface area contributed by atoms with E-state index in [4.69, 9.17) is 4.74 Å². The van der Waals surface area contributed by atoms with Gasteiger partial charge < -0.3 is 4.74 Å². The van der Waals surface area contributed by atoms with Crippen LogP contribution in [0.2, 0.25) is 0 Å². The van der Waals surface area contributed by atoms with Crippen molar-refractivity contribution in [1.82, 2.24) is 0 Å². The summed E-state index contributed by atoms with van der Waals surface area (Å²) >= 11 is 3.54. The Hall–Kier alpha value is -0.340. The number of ether oxygens (including phenoxy) is 1. The van der Waals surface area contributed by atoms with E-state index in [1.165, 1.54) is 15.6 Å². The molecule has 0 bridgehead atoms. The first-order valence-corrected chi connectivity index (χ1v) is 5.29. The Morgan fingerprint density at radius 1 is 1.38 bits per heavy atom. The van der Waals surface area contributed by atoms with Crippen molar-refractivity contribution >= 4 is 15.9 Å². The van der Waals surface area contributed by atoms with Crippen LogP contribution in [0.1, 0.15) is 24.0 Å². The number of hydrogen-bond donors (Lipinski definition) is 0. The highest BCUT2D eigenvalue weighted by Crippen LogP contribution is 2.49. The molecule has 1 aliphatic rings. The monoisotopic (exact) mass is 240 g/mol. The van der Waals surface area contributed by atoms with E-state index in [0.717, 1.165) is 12.8 Å². The lowest BCUT2D eigenvalue weighted by Crippen LogP contribution is -2.08. The summed E-state index contributed by atoms with van der Waals surface area (Å²) in [5, 5.41) is 0. The number of methoxy groups -OCH3 is 1. The lowest BCUT2D eigenvalue weighted by Gasteiger charge is -2.14. The number of aryl methyl sites for hydroxylation is 1. The second-order valence-electron chi connectivity index (χ2n) is 3.66. The summed E-state index contributed by atoms with van der Waals surface area (Å²) in [6.07, 6.45) is 2.30. The molecule has 0 N–H and O–H groups in total. The van der Waals surface area contributed by atoms with Crippen LogP contribution in [0.15, 0.2) is 22.7 Å². The summed E-state index contributed by atoms with van der Waals surface area (Å²) in [5.41, 5.74) is 2.61. The van der Waals surface area contributed by atoms with Crippen molar-refractivity contribution in [3.8, 4) is 0 Å². The molecular weight excluding hydrogens is 228 g/mol. The first-order chi connectivity index (χ1) is 6.18. The van der Waals surface area contributed by atoms with Gasteiger partial charge in [0.15, 0.2) is 0 Å². The van der Waals surface area contributed by atoms with Gasteiger partial charge in [0.25, 0.3) is 0 Å². The fourth-order valence-electron chi connectivity index (χ4n) is 1.60.